The molecule has 0 radical (unpaired) electrons. The first-order chi connectivity index (χ1) is 10.8. The van der Waals surface area contributed by atoms with Crippen LogP contribution in [0.1, 0.15) is 38.7 Å². The summed E-state index contributed by atoms with van der Waals surface area (Å²) in [4.78, 5) is 18.2. The van der Waals surface area contributed by atoms with Gasteiger partial charge in [0.2, 0.25) is 5.91 Å². The number of nitrogens with zero attached hydrogens (tertiary/aromatic N) is 2. The maximum atomic E-state index is 12.0. The maximum absolute atomic E-state index is 12.0. The molecule has 6 heteroatoms. The Kier molecular flexibility index (Phi) is 7.51. The zero-order chi connectivity index (χ0) is 17.0. The molecule has 2 atom stereocenters. The molecule has 0 aliphatic heterocycles. The van der Waals surface area contributed by atoms with E-state index in [1.807, 2.05) is 38.8 Å². The van der Waals surface area contributed by atoms with Crippen LogP contribution < -0.4 is 10.6 Å². The summed E-state index contributed by atoms with van der Waals surface area (Å²) in [5.41, 5.74) is 1.14. The Balaban J connectivity index is 0.00000288. The Morgan fingerprint density at radius 1 is 1.29 bits per heavy atom. The molecule has 0 bridgehead atoms. The van der Waals surface area contributed by atoms with Crippen molar-refractivity contribution in [3.05, 3.63) is 35.9 Å². The molecule has 1 saturated carbocycles. The minimum Gasteiger partial charge on any atom is -0.353 e. The predicted octanol–water partition coefficient (Wildman–Crippen LogP) is 2.58. The Hall–Kier alpha value is -1.31. The highest BCUT2D eigenvalue weighted by molar-refractivity contribution is 14.0. The van der Waals surface area contributed by atoms with Crippen LogP contribution in [0.25, 0.3) is 0 Å². The van der Waals surface area contributed by atoms with E-state index in [0.717, 1.165) is 12.4 Å². The fourth-order valence-electron chi connectivity index (χ4n) is 2.68. The van der Waals surface area contributed by atoms with Gasteiger partial charge in [0.25, 0.3) is 0 Å². The molecule has 5 nitrogen and oxygen atoms in total. The summed E-state index contributed by atoms with van der Waals surface area (Å²) >= 11 is 0. The normalized spacial score (nSPS) is 20.0. The average molecular weight is 444 g/mol. The van der Waals surface area contributed by atoms with Crippen LogP contribution in [0.2, 0.25) is 0 Å². The topological polar surface area (TPSA) is 56.7 Å². The van der Waals surface area contributed by atoms with Crippen molar-refractivity contribution in [3.63, 3.8) is 0 Å². The molecular formula is C18H29IN4O. The van der Waals surface area contributed by atoms with Gasteiger partial charge in [0, 0.05) is 31.6 Å². The van der Waals surface area contributed by atoms with E-state index in [1.54, 1.807) is 7.05 Å². The number of carbonyl (C=O) groups is 1. The minimum absolute atomic E-state index is 0. The van der Waals surface area contributed by atoms with Gasteiger partial charge in [0.15, 0.2) is 5.96 Å². The highest BCUT2D eigenvalue weighted by Gasteiger charge is 2.39. The number of likely N-dealkylation sites (N-methyl/N-ethyl adjacent to an activating group) is 1. The molecule has 0 aromatic heterocycles. The lowest BCUT2D eigenvalue weighted by atomic mass is 10.1. The molecule has 1 amide bonds. The smallest absolute Gasteiger partial charge is 0.240 e. The molecule has 1 aliphatic carbocycles. The first-order valence-corrected chi connectivity index (χ1v) is 8.10. The van der Waals surface area contributed by atoms with Crippen LogP contribution in [0.4, 0.5) is 0 Å². The molecular weight excluding hydrogens is 415 g/mol. The zero-order valence-electron chi connectivity index (χ0n) is 15.2. The van der Waals surface area contributed by atoms with Gasteiger partial charge in [-0.25, -0.2) is 0 Å². The minimum atomic E-state index is -0.218. The average Bonchev–Trinajstić information content (AvgIpc) is 3.22. The van der Waals surface area contributed by atoms with Gasteiger partial charge in [0.05, 0.1) is 6.54 Å². The maximum Gasteiger partial charge on any atom is 0.240 e. The number of halogens is 1. The van der Waals surface area contributed by atoms with E-state index < -0.39 is 0 Å². The van der Waals surface area contributed by atoms with Crippen molar-refractivity contribution in [3.8, 4) is 0 Å². The lowest BCUT2D eigenvalue weighted by molar-refractivity contribution is -0.122. The SMILES string of the molecule is CN=C(NC1CC1c1ccccc1)N(C)CC(=O)NC(C)(C)C.I. The molecule has 24 heavy (non-hydrogen) atoms. The monoisotopic (exact) mass is 444 g/mol. The van der Waals surface area contributed by atoms with E-state index in [1.165, 1.54) is 5.56 Å². The van der Waals surface area contributed by atoms with Crippen molar-refractivity contribution >= 4 is 35.8 Å². The Morgan fingerprint density at radius 3 is 2.46 bits per heavy atom. The van der Waals surface area contributed by atoms with E-state index in [9.17, 15) is 4.79 Å². The number of benzene rings is 1. The van der Waals surface area contributed by atoms with Crippen LogP contribution in [0.3, 0.4) is 0 Å². The summed E-state index contributed by atoms with van der Waals surface area (Å²) < 4.78 is 0. The van der Waals surface area contributed by atoms with E-state index in [-0.39, 0.29) is 35.4 Å². The fourth-order valence-corrected chi connectivity index (χ4v) is 2.68. The summed E-state index contributed by atoms with van der Waals surface area (Å²) in [5, 5.41) is 6.42. The molecule has 134 valence electrons. The second-order valence-electron chi connectivity index (χ2n) is 7.21. The number of nitrogens with one attached hydrogen (secondary N) is 2. The third-order valence-electron chi connectivity index (χ3n) is 3.80. The Bertz CT molecular complexity index is 568. The molecule has 1 fully saturated rings. The Morgan fingerprint density at radius 2 is 1.92 bits per heavy atom. The van der Waals surface area contributed by atoms with Gasteiger partial charge in [0.1, 0.15) is 0 Å². The summed E-state index contributed by atoms with van der Waals surface area (Å²) in [5.74, 6) is 1.29. The number of aliphatic imine (C=N–C) groups is 1. The highest BCUT2D eigenvalue weighted by Crippen LogP contribution is 2.40. The highest BCUT2D eigenvalue weighted by atomic mass is 127. The molecule has 2 N–H and O–H groups in total. The third-order valence-corrected chi connectivity index (χ3v) is 3.80. The predicted molar refractivity (Wildman–Crippen MR) is 110 cm³/mol. The lowest BCUT2D eigenvalue weighted by Crippen LogP contribution is -2.49. The molecule has 1 aromatic carbocycles. The van der Waals surface area contributed by atoms with Gasteiger partial charge in [-0.2, -0.15) is 0 Å². The number of rotatable bonds is 4. The second kappa shape index (κ2) is 8.69. The zero-order valence-corrected chi connectivity index (χ0v) is 17.5. The van der Waals surface area contributed by atoms with Crippen LogP contribution in [0.15, 0.2) is 35.3 Å². The first kappa shape index (κ1) is 20.7. The number of carbonyl (C=O) groups excluding carboxylic acids is 1. The van der Waals surface area contributed by atoms with Gasteiger partial charge in [-0.1, -0.05) is 30.3 Å². The lowest BCUT2D eigenvalue weighted by Gasteiger charge is -2.25. The number of hydrogen-bond donors (Lipinski definition) is 2. The van der Waals surface area contributed by atoms with Crippen molar-refractivity contribution in [2.45, 2.75) is 44.7 Å². The van der Waals surface area contributed by atoms with Gasteiger partial charge in [-0.05, 0) is 32.8 Å². The molecule has 1 aliphatic rings. The number of hydrogen-bond acceptors (Lipinski definition) is 2. The number of amides is 1. The molecule has 0 heterocycles. The van der Waals surface area contributed by atoms with Gasteiger partial charge < -0.3 is 15.5 Å². The van der Waals surface area contributed by atoms with Crippen molar-refractivity contribution < 1.29 is 4.79 Å². The standard InChI is InChI=1S/C18H28N4O.HI/c1-18(2,3)21-16(23)12-22(5)17(19-4)20-15-11-14(15)13-9-7-6-8-10-13;/h6-10,14-15H,11-12H2,1-5H3,(H,19,20)(H,21,23);1H. The van der Waals surface area contributed by atoms with Crippen molar-refractivity contribution in [1.29, 1.82) is 0 Å². The summed E-state index contributed by atoms with van der Waals surface area (Å²) in [7, 11) is 3.64. The summed E-state index contributed by atoms with van der Waals surface area (Å²) in [6, 6.07) is 10.9. The molecule has 2 rings (SSSR count). The summed E-state index contributed by atoms with van der Waals surface area (Å²) in [6.07, 6.45) is 1.10. The molecule has 2 unspecified atom stereocenters. The van der Waals surface area contributed by atoms with Crippen LogP contribution in [-0.2, 0) is 4.79 Å². The van der Waals surface area contributed by atoms with Gasteiger partial charge >= 0.3 is 0 Å². The first-order valence-electron chi connectivity index (χ1n) is 8.10. The van der Waals surface area contributed by atoms with Crippen molar-refractivity contribution in [2.24, 2.45) is 4.99 Å². The van der Waals surface area contributed by atoms with Crippen molar-refractivity contribution in [2.75, 3.05) is 20.6 Å². The van der Waals surface area contributed by atoms with E-state index in [4.69, 9.17) is 0 Å². The summed E-state index contributed by atoms with van der Waals surface area (Å²) in [6.45, 7) is 6.23. The van der Waals surface area contributed by atoms with Crippen LogP contribution in [0, 0.1) is 0 Å². The van der Waals surface area contributed by atoms with E-state index >= 15 is 0 Å². The number of guanidine groups is 1. The largest absolute Gasteiger partial charge is 0.353 e. The molecule has 1 aromatic rings. The molecule has 0 spiro atoms. The third kappa shape index (κ3) is 6.30. The van der Waals surface area contributed by atoms with Gasteiger partial charge in [-0.15, -0.1) is 24.0 Å². The van der Waals surface area contributed by atoms with E-state index in [0.29, 0.717) is 18.5 Å². The quantitative estimate of drug-likeness (QED) is 0.427. The van der Waals surface area contributed by atoms with Crippen LogP contribution in [0.5, 0.6) is 0 Å². The van der Waals surface area contributed by atoms with Crippen LogP contribution >= 0.6 is 24.0 Å². The second-order valence-corrected chi connectivity index (χ2v) is 7.21. The van der Waals surface area contributed by atoms with Crippen molar-refractivity contribution in [1.82, 2.24) is 15.5 Å². The molecule has 0 saturated heterocycles. The van der Waals surface area contributed by atoms with Crippen LogP contribution in [-0.4, -0.2) is 49.0 Å². The van der Waals surface area contributed by atoms with E-state index in [2.05, 4.69) is 39.9 Å². The Labute approximate surface area is 162 Å². The fraction of sp³-hybridized carbons (Fsp3) is 0.556. The van der Waals surface area contributed by atoms with Gasteiger partial charge in [-0.3, -0.25) is 9.79 Å².